The molecule has 0 amide bonds. The SMILES string of the molecule is Cc1ccc(-c2nc(CO)no2)c(C)c1. The minimum absolute atomic E-state index is 0.200. The summed E-state index contributed by atoms with van der Waals surface area (Å²) < 4.78 is 5.04. The number of hydrogen-bond acceptors (Lipinski definition) is 4. The lowest BCUT2D eigenvalue weighted by Gasteiger charge is -2.00. The van der Waals surface area contributed by atoms with Crippen LogP contribution in [0.3, 0.4) is 0 Å². The summed E-state index contributed by atoms with van der Waals surface area (Å²) in [6.07, 6.45) is 0. The molecule has 0 saturated carbocycles. The summed E-state index contributed by atoms with van der Waals surface area (Å²) in [5, 5.41) is 12.5. The number of nitrogens with zero attached hydrogens (tertiary/aromatic N) is 2. The molecule has 0 aliphatic heterocycles. The third kappa shape index (κ3) is 1.89. The molecule has 2 rings (SSSR count). The molecule has 4 heteroatoms. The van der Waals surface area contributed by atoms with Gasteiger partial charge >= 0.3 is 0 Å². The van der Waals surface area contributed by atoms with Crippen molar-refractivity contribution in [3.05, 3.63) is 35.2 Å². The molecule has 2 aromatic rings. The predicted molar refractivity (Wildman–Crippen MR) is 55.1 cm³/mol. The highest BCUT2D eigenvalue weighted by Gasteiger charge is 2.10. The molecule has 0 atom stereocenters. The van der Waals surface area contributed by atoms with Gasteiger partial charge < -0.3 is 9.63 Å². The van der Waals surface area contributed by atoms with Gasteiger partial charge in [-0.05, 0) is 25.5 Å². The van der Waals surface area contributed by atoms with Crippen molar-refractivity contribution >= 4 is 0 Å². The molecule has 78 valence electrons. The van der Waals surface area contributed by atoms with Gasteiger partial charge in [0.2, 0.25) is 0 Å². The van der Waals surface area contributed by atoms with E-state index in [1.807, 2.05) is 26.0 Å². The molecule has 1 heterocycles. The Morgan fingerprint density at radius 2 is 2.13 bits per heavy atom. The number of aryl methyl sites for hydroxylation is 2. The number of aliphatic hydroxyl groups is 1. The Balaban J connectivity index is 2.44. The van der Waals surface area contributed by atoms with Crippen LogP contribution in [0.1, 0.15) is 17.0 Å². The minimum atomic E-state index is -0.200. The lowest BCUT2D eigenvalue weighted by molar-refractivity contribution is 0.264. The maximum absolute atomic E-state index is 8.83. The number of benzene rings is 1. The van der Waals surface area contributed by atoms with E-state index < -0.39 is 0 Å². The van der Waals surface area contributed by atoms with Crippen LogP contribution in [-0.4, -0.2) is 15.2 Å². The minimum Gasteiger partial charge on any atom is -0.388 e. The second-order valence-corrected chi connectivity index (χ2v) is 3.49. The summed E-state index contributed by atoms with van der Waals surface area (Å²) >= 11 is 0. The molecule has 1 aromatic heterocycles. The van der Waals surface area contributed by atoms with Gasteiger partial charge in [0.05, 0.1) is 0 Å². The van der Waals surface area contributed by atoms with Gasteiger partial charge in [-0.25, -0.2) is 0 Å². The molecule has 0 aliphatic carbocycles. The first-order chi connectivity index (χ1) is 7.20. The fourth-order valence-electron chi connectivity index (χ4n) is 1.48. The van der Waals surface area contributed by atoms with Crippen LogP contribution >= 0.6 is 0 Å². The molecule has 15 heavy (non-hydrogen) atoms. The van der Waals surface area contributed by atoms with Crippen LogP contribution in [0.2, 0.25) is 0 Å². The van der Waals surface area contributed by atoms with Gasteiger partial charge in [0, 0.05) is 5.56 Å². The number of aromatic nitrogens is 2. The highest BCUT2D eigenvalue weighted by Crippen LogP contribution is 2.22. The van der Waals surface area contributed by atoms with Crippen molar-refractivity contribution in [3.8, 4) is 11.5 Å². The molecule has 4 nitrogen and oxygen atoms in total. The largest absolute Gasteiger partial charge is 0.388 e. The summed E-state index contributed by atoms with van der Waals surface area (Å²) in [5.74, 6) is 0.765. The second kappa shape index (κ2) is 3.82. The zero-order valence-electron chi connectivity index (χ0n) is 8.69. The Morgan fingerprint density at radius 3 is 2.73 bits per heavy atom. The Labute approximate surface area is 87.6 Å². The Bertz CT molecular complexity index is 477. The van der Waals surface area contributed by atoms with Gasteiger partial charge in [-0.2, -0.15) is 4.98 Å². The average Bonchev–Trinajstić information content (AvgIpc) is 2.66. The van der Waals surface area contributed by atoms with Gasteiger partial charge in [-0.1, -0.05) is 22.9 Å². The molecular weight excluding hydrogens is 192 g/mol. The lowest BCUT2D eigenvalue weighted by Crippen LogP contribution is -1.87. The van der Waals surface area contributed by atoms with E-state index >= 15 is 0 Å². The molecule has 1 N–H and O–H groups in total. The van der Waals surface area contributed by atoms with Gasteiger partial charge in [-0.3, -0.25) is 0 Å². The van der Waals surface area contributed by atoms with Gasteiger partial charge in [0.1, 0.15) is 6.61 Å². The fourth-order valence-corrected chi connectivity index (χ4v) is 1.48. The quantitative estimate of drug-likeness (QED) is 0.810. The number of rotatable bonds is 2. The van der Waals surface area contributed by atoms with Crippen LogP contribution in [0.4, 0.5) is 0 Å². The summed E-state index contributed by atoms with van der Waals surface area (Å²) in [4.78, 5) is 4.06. The summed E-state index contributed by atoms with van der Waals surface area (Å²) in [7, 11) is 0. The molecule has 0 fully saturated rings. The Kier molecular flexibility index (Phi) is 2.51. The van der Waals surface area contributed by atoms with E-state index in [-0.39, 0.29) is 6.61 Å². The molecule has 0 spiro atoms. The lowest BCUT2D eigenvalue weighted by atomic mass is 10.1. The van der Waals surface area contributed by atoms with Crippen molar-refractivity contribution in [1.82, 2.24) is 10.1 Å². The van der Waals surface area contributed by atoms with Crippen LogP contribution in [0.15, 0.2) is 22.7 Å². The average molecular weight is 204 g/mol. The topological polar surface area (TPSA) is 59.2 Å². The number of aliphatic hydroxyl groups excluding tert-OH is 1. The van der Waals surface area contributed by atoms with Crippen molar-refractivity contribution in [2.45, 2.75) is 20.5 Å². The first-order valence-corrected chi connectivity index (χ1v) is 4.72. The maximum Gasteiger partial charge on any atom is 0.258 e. The highest BCUT2D eigenvalue weighted by molar-refractivity contribution is 5.58. The smallest absolute Gasteiger partial charge is 0.258 e. The van der Waals surface area contributed by atoms with E-state index in [4.69, 9.17) is 9.63 Å². The van der Waals surface area contributed by atoms with Crippen molar-refractivity contribution in [2.24, 2.45) is 0 Å². The zero-order chi connectivity index (χ0) is 10.8. The fraction of sp³-hybridized carbons (Fsp3) is 0.273. The third-order valence-corrected chi connectivity index (χ3v) is 2.22. The monoisotopic (exact) mass is 204 g/mol. The van der Waals surface area contributed by atoms with Crippen molar-refractivity contribution in [2.75, 3.05) is 0 Å². The first-order valence-electron chi connectivity index (χ1n) is 4.72. The second-order valence-electron chi connectivity index (χ2n) is 3.49. The van der Waals surface area contributed by atoms with Crippen molar-refractivity contribution in [3.63, 3.8) is 0 Å². The van der Waals surface area contributed by atoms with Crippen molar-refractivity contribution < 1.29 is 9.63 Å². The Hall–Kier alpha value is -1.68. The molecule has 0 aliphatic rings. The highest BCUT2D eigenvalue weighted by atomic mass is 16.5. The van der Waals surface area contributed by atoms with E-state index in [1.54, 1.807) is 0 Å². The molecule has 0 bridgehead atoms. The third-order valence-electron chi connectivity index (χ3n) is 2.22. The maximum atomic E-state index is 8.83. The van der Waals surface area contributed by atoms with Crippen LogP contribution < -0.4 is 0 Å². The van der Waals surface area contributed by atoms with Gasteiger partial charge in [-0.15, -0.1) is 0 Å². The summed E-state index contributed by atoms with van der Waals surface area (Å²) in [5.41, 5.74) is 3.19. The standard InChI is InChI=1S/C11H12N2O2/c1-7-3-4-9(8(2)5-7)11-12-10(6-14)13-15-11/h3-5,14H,6H2,1-2H3. The van der Waals surface area contributed by atoms with Gasteiger partial charge in [0.25, 0.3) is 5.89 Å². The molecule has 0 unspecified atom stereocenters. The van der Waals surface area contributed by atoms with E-state index in [2.05, 4.69) is 16.2 Å². The molecule has 0 saturated heterocycles. The number of hydrogen-bond donors (Lipinski definition) is 1. The van der Waals surface area contributed by atoms with Crippen LogP contribution in [0, 0.1) is 13.8 Å². The first kappa shape index (κ1) is 9.86. The summed E-state index contributed by atoms with van der Waals surface area (Å²) in [6, 6.07) is 5.99. The zero-order valence-corrected chi connectivity index (χ0v) is 8.69. The van der Waals surface area contributed by atoms with E-state index in [0.717, 1.165) is 11.1 Å². The molecule has 0 radical (unpaired) electrons. The predicted octanol–water partition coefficient (Wildman–Crippen LogP) is 1.85. The Morgan fingerprint density at radius 1 is 1.33 bits per heavy atom. The van der Waals surface area contributed by atoms with Crippen molar-refractivity contribution in [1.29, 1.82) is 0 Å². The molecular formula is C11H12N2O2. The van der Waals surface area contributed by atoms with Gasteiger partial charge in [0.15, 0.2) is 5.82 Å². The normalized spacial score (nSPS) is 10.6. The van der Waals surface area contributed by atoms with E-state index in [0.29, 0.717) is 11.7 Å². The van der Waals surface area contributed by atoms with Crippen LogP contribution in [-0.2, 0) is 6.61 Å². The molecule has 1 aromatic carbocycles. The van der Waals surface area contributed by atoms with Crippen LogP contribution in [0.25, 0.3) is 11.5 Å². The van der Waals surface area contributed by atoms with E-state index in [1.165, 1.54) is 5.56 Å². The summed E-state index contributed by atoms with van der Waals surface area (Å²) in [6.45, 7) is 3.82. The van der Waals surface area contributed by atoms with Crippen LogP contribution in [0.5, 0.6) is 0 Å². The van der Waals surface area contributed by atoms with E-state index in [9.17, 15) is 0 Å².